The zero-order chi connectivity index (χ0) is 18.9. The molecular formula is C16H31N3O5S. The molecule has 0 saturated carbocycles. The van der Waals surface area contributed by atoms with E-state index in [1.165, 1.54) is 10.6 Å². The molecule has 1 aliphatic heterocycles. The normalized spacial score (nSPS) is 16.1. The SMILES string of the molecule is CCCCN(CCC(=O)NC1CCN(C(=O)OCC)CC1)S(C)(=O)=O. The largest absolute Gasteiger partial charge is 0.450 e. The average molecular weight is 378 g/mol. The van der Waals surface area contributed by atoms with Gasteiger partial charge in [-0.15, -0.1) is 0 Å². The summed E-state index contributed by atoms with van der Waals surface area (Å²) in [6.07, 6.45) is 4.04. The molecule has 0 aromatic carbocycles. The molecule has 0 bridgehead atoms. The first-order chi connectivity index (χ1) is 11.8. The second-order valence-corrected chi connectivity index (χ2v) is 8.28. The molecule has 8 nitrogen and oxygen atoms in total. The standard InChI is InChI=1S/C16H31N3O5S/c1-4-6-10-19(25(3,22)23)13-9-15(20)17-14-7-11-18(12-8-14)16(21)24-5-2/h14H,4-13H2,1-3H3,(H,17,20). The van der Waals surface area contributed by atoms with Crippen LogP contribution in [-0.4, -0.2) is 74.7 Å². The first-order valence-electron chi connectivity index (χ1n) is 8.94. The van der Waals surface area contributed by atoms with Gasteiger partial charge in [0, 0.05) is 38.6 Å². The van der Waals surface area contributed by atoms with Crippen LogP contribution in [0.4, 0.5) is 4.79 Å². The Morgan fingerprint density at radius 2 is 1.84 bits per heavy atom. The third-order valence-corrected chi connectivity index (χ3v) is 5.51. The second-order valence-electron chi connectivity index (χ2n) is 6.29. The van der Waals surface area contributed by atoms with Gasteiger partial charge in [-0.05, 0) is 26.2 Å². The minimum absolute atomic E-state index is 0.0144. The lowest BCUT2D eigenvalue weighted by Gasteiger charge is -2.31. The second kappa shape index (κ2) is 10.6. The number of carbonyl (C=O) groups excluding carboxylic acids is 2. The van der Waals surface area contributed by atoms with Gasteiger partial charge in [0.25, 0.3) is 0 Å². The van der Waals surface area contributed by atoms with Gasteiger partial charge in [0.05, 0.1) is 12.9 Å². The van der Waals surface area contributed by atoms with Crippen molar-refractivity contribution in [1.82, 2.24) is 14.5 Å². The lowest BCUT2D eigenvalue weighted by molar-refractivity contribution is -0.122. The fourth-order valence-electron chi connectivity index (χ4n) is 2.73. The van der Waals surface area contributed by atoms with Crippen molar-refractivity contribution in [2.75, 3.05) is 39.0 Å². The zero-order valence-corrected chi connectivity index (χ0v) is 16.3. The molecule has 25 heavy (non-hydrogen) atoms. The summed E-state index contributed by atoms with van der Waals surface area (Å²) < 4.78 is 29.8. The van der Waals surface area contributed by atoms with E-state index in [1.807, 2.05) is 6.92 Å². The first kappa shape index (κ1) is 21.7. The molecule has 0 aliphatic carbocycles. The lowest BCUT2D eigenvalue weighted by atomic mass is 10.1. The van der Waals surface area contributed by atoms with Crippen LogP contribution in [0.15, 0.2) is 0 Å². The predicted octanol–water partition coefficient (Wildman–Crippen LogP) is 1.18. The number of hydrogen-bond donors (Lipinski definition) is 1. The highest BCUT2D eigenvalue weighted by atomic mass is 32.2. The summed E-state index contributed by atoms with van der Waals surface area (Å²) in [4.78, 5) is 25.4. The van der Waals surface area contributed by atoms with Crippen molar-refractivity contribution in [2.45, 2.75) is 52.0 Å². The number of rotatable bonds is 9. The van der Waals surface area contributed by atoms with E-state index in [2.05, 4.69) is 5.32 Å². The highest BCUT2D eigenvalue weighted by Crippen LogP contribution is 2.12. The average Bonchev–Trinajstić information content (AvgIpc) is 2.54. The monoisotopic (exact) mass is 377 g/mol. The molecule has 1 fully saturated rings. The summed E-state index contributed by atoms with van der Waals surface area (Å²) in [5, 5.41) is 2.93. The summed E-state index contributed by atoms with van der Waals surface area (Å²) in [7, 11) is -3.29. The van der Waals surface area contributed by atoms with Crippen molar-refractivity contribution in [1.29, 1.82) is 0 Å². The Labute approximate surface area is 150 Å². The Hall–Kier alpha value is -1.35. The van der Waals surface area contributed by atoms with Crippen LogP contribution in [0.3, 0.4) is 0 Å². The third-order valence-electron chi connectivity index (χ3n) is 4.20. The summed E-state index contributed by atoms with van der Waals surface area (Å²) in [5.74, 6) is -0.153. The summed E-state index contributed by atoms with van der Waals surface area (Å²) in [6, 6.07) is 0.0144. The van der Waals surface area contributed by atoms with Gasteiger partial charge in [0.2, 0.25) is 15.9 Å². The fourth-order valence-corrected chi connectivity index (χ4v) is 3.61. The number of hydrogen-bond acceptors (Lipinski definition) is 5. The smallest absolute Gasteiger partial charge is 0.409 e. The molecule has 0 aromatic rings. The van der Waals surface area contributed by atoms with Crippen LogP contribution in [0.1, 0.15) is 46.0 Å². The van der Waals surface area contributed by atoms with Crippen molar-refractivity contribution < 1.29 is 22.7 Å². The molecule has 2 amide bonds. The van der Waals surface area contributed by atoms with Crippen LogP contribution < -0.4 is 5.32 Å². The molecule has 1 heterocycles. The van der Waals surface area contributed by atoms with Crippen LogP contribution >= 0.6 is 0 Å². The van der Waals surface area contributed by atoms with Gasteiger partial charge < -0.3 is 15.0 Å². The first-order valence-corrected chi connectivity index (χ1v) is 10.8. The molecule has 1 aliphatic rings. The topological polar surface area (TPSA) is 96.0 Å². The third kappa shape index (κ3) is 8.04. The van der Waals surface area contributed by atoms with Gasteiger partial charge in [-0.2, -0.15) is 0 Å². The van der Waals surface area contributed by atoms with E-state index < -0.39 is 10.0 Å². The number of piperidine rings is 1. The molecule has 1 saturated heterocycles. The Morgan fingerprint density at radius 1 is 1.20 bits per heavy atom. The molecular weight excluding hydrogens is 346 g/mol. The Bertz CT molecular complexity index is 530. The van der Waals surface area contributed by atoms with Crippen LogP contribution in [0, 0.1) is 0 Å². The molecule has 0 spiro atoms. The van der Waals surface area contributed by atoms with E-state index in [0.717, 1.165) is 12.8 Å². The molecule has 9 heteroatoms. The van der Waals surface area contributed by atoms with Gasteiger partial charge >= 0.3 is 6.09 Å². The van der Waals surface area contributed by atoms with Gasteiger partial charge in [-0.1, -0.05) is 13.3 Å². The van der Waals surface area contributed by atoms with E-state index in [9.17, 15) is 18.0 Å². The number of nitrogens with one attached hydrogen (secondary N) is 1. The van der Waals surface area contributed by atoms with Gasteiger partial charge in [-0.3, -0.25) is 4.79 Å². The maximum absolute atomic E-state index is 12.1. The Kier molecular flexibility index (Phi) is 9.20. The molecule has 0 aromatic heterocycles. The number of likely N-dealkylation sites (tertiary alicyclic amines) is 1. The molecule has 1 N–H and O–H groups in total. The summed E-state index contributed by atoms with van der Waals surface area (Å²) >= 11 is 0. The molecule has 0 atom stereocenters. The minimum atomic E-state index is -3.29. The van der Waals surface area contributed by atoms with Gasteiger partial charge in [0.1, 0.15) is 0 Å². The molecule has 0 radical (unpaired) electrons. The number of ether oxygens (including phenoxy) is 1. The van der Waals surface area contributed by atoms with Gasteiger partial charge in [0.15, 0.2) is 0 Å². The number of unbranched alkanes of at least 4 members (excludes halogenated alkanes) is 1. The lowest BCUT2D eigenvalue weighted by Crippen LogP contribution is -2.47. The van der Waals surface area contributed by atoms with E-state index in [4.69, 9.17) is 4.74 Å². The van der Waals surface area contributed by atoms with E-state index in [1.54, 1.807) is 11.8 Å². The van der Waals surface area contributed by atoms with Crippen LogP contribution in [0.5, 0.6) is 0 Å². The highest BCUT2D eigenvalue weighted by molar-refractivity contribution is 7.88. The van der Waals surface area contributed by atoms with Crippen molar-refractivity contribution in [3.8, 4) is 0 Å². The zero-order valence-electron chi connectivity index (χ0n) is 15.5. The number of sulfonamides is 1. The van der Waals surface area contributed by atoms with Crippen LogP contribution in [-0.2, 0) is 19.6 Å². The highest BCUT2D eigenvalue weighted by Gasteiger charge is 2.25. The maximum Gasteiger partial charge on any atom is 0.409 e. The molecule has 0 unspecified atom stereocenters. The van der Waals surface area contributed by atoms with E-state index >= 15 is 0 Å². The van der Waals surface area contributed by atoms with Crippen molar-refractivity contribution in [3.63, 3.8) is 0 Å². The molecule has 1 rings (SSSR count). The minimum Gasteiger partial charge on any atom is -0.450 e. The van der Waals surface area contributed by atoms with Crippen molar-refractivity contribution in [3.05, 3.63) is 0 Å². The summed E-state index contributed by atoms with van der Waals surface area (Å²) in [5.41, 5.74) is 0. The summed E-state index contributed by atoms with van der Waals surface area (Å²) in [6.45, 7) is 5.86. The number of nitrogens with zero attached hydrogens (tertiary/aromatic N) is 2. The number of carbonyl (C=O) groups is 2. The molecule has 146 valence electrons. The fraction of sp³-hybridized carbons (Fsp3) is 0.875. The van der Waals surface area contributed by atoms with Gasteiger partial charge in [-0.25, -0.2) is 17.5 Å². The van der Waals surface area contributed by atoms with E-state index in [0.29, 0.717) is 39.1 Å². The quantitative estimate of drug-likeness (QED) is 0.651. The van der Waals surface area contributed by atoms with E-state index in [-0.39, 0.29) is 31.0 Å². The number of amides is 2. The van der Waals surface area contributed by atoms with Crippen LogP contribution in [0.25, 0.3) is 0 Å². The predicted molar refractivity (Wildman–Crippen MR) is 95.7 cm³/mol. The van der Waals surface area contributed by atoms with Crippen molar-refractivity contribution in [2.24, 2.45) is 0 Å². The Morgan fingerprint density at radius 3 is 2.36 bits per heavy atom. The van der Waals surface area contributed by atoms with Crippen molar-refractivity contribution >= 4 is 22.0 Å². The Balaban J connectivity index is 2.36. The maximum atomic E-state index is 12.1. The van der Waals surface area contributed by atoms with Crippen LogP contribution in [0.2, 0.25) is 0 Å².